The maximum absolute atomic E-state index is 7.25. The summed E-state index contributed by atoms with van der Waals surface area (Å²) in [5, 5.41) is 0. The molecule has 1 aliphatic rings. The van der Waals surface area contributed by atoms with E-state index in [1.54, 1.807) is 12.1 Å². The molecule has 8 heteroatoms. The first-order chi connectivity index (χ1) is 17.3. The number of hydrogen-bond donors (Lipinski definition) is 6. The minimum absolute atomic E-state index is 0.456. The number of nitrogen functional groups attached to an aromatic ring is 4. The average Bonchev–Trinajstić information content (AvgIpc) is 2.87. The molecule has 0 bridgehead atoms. The summed E-state index contributed by atoms with van der Waals surface area (Å²) in [5.41, 5.74) is 45.4. The Bertz CT molecular complexity index is 1450. The second-order valence-electron chi connectivity index (χ2n) is 8.74. The topological polar surface area (TPSA) is 172 Å². The summed E-state index contributed by atoms with van der Waals surface area (Å²) < 4.78 is 0. The molecule has 8 nitrogen and oxygen atoms in total. The number of rotatable bonds is 4. The molecule has 0 aliphatic carbocycles. The normalized spacial score (nSPS) is 17.7. The number of nitrogens with two attached hydrogens (primary N) is 6. The van der Waals surface area contributed by atoms with Crippen LogP contribution in [-0.2, 0) is 5.79 Å². The van der Waals surface area contributed by atoms with Gasteiger partial charge in [-0.15, -0.1) is 0 Å². The highest BCUT2D eigenvalue weighted by Gasteiger charge is 2.43. The van der Waals surface area contributed by atoms with Crippen LogP contribution in [0.15, 0.2) is 108 Å². The highest BCUT2D eigenvalue weighted by Crippen LogP contribution is 2.43. The fourth-order valence-electron chi connectivity index (χ4n) is 4.34. The van der Waals surface area contributed by atoms with E-state index >= 15 is 0 Å². The summed E-state index contributed by atoms with van der Waals surface area (Å²) in [6, 6.07) is 29.6. The van der Waals surface area contributed by atoms with E-state index in [4.69, 9.17) is 39.4 Å². The number of hydrogen-bond acceptors (Lipinski definition) is 8. The van der Waals surface area contributed by atoms with Crippen LogP contribution in [0.5, 0.6) is 0 Å². The van der Waals surface area contributed by atoms with Crippen molar-refractivity contribution in [3.63, 3.8) is 0 Å². The van der Waals surface area contributed by atoms with E-state index < -0.39 is 5.79 Å². The Hall–Kier alpha value is -4.95. The molecule has 4 aromatic carbocycles. The minimum atomic E-state index is -1.37. The molecule has 12 N–H and O–H groups in total. The molecule has 1 heterocycles. The van der Waals surface area contributed by atoms with Gasteiger partial charge in [0.05, 0.1) is 17.1 Å². The molecule has 0 saturated carbocycles. The van der Waals surface area contributed by atoms with Crippen LogP contribution in [0.4, 0.5) is 28.4 Å². The van der Waals surface area contributed by atoms with Crippen molar-refractivity contribution in [3.8, 4) is 0 Å². The van der Waals surface area contributed by atoms with Gasteiger partial charge in [0.25, 0.3) is 0 Å². The standard InChI is InChI=1S/C28H28N8/c29-20-7-1-17(2-8-20)26-25(33)27(18-3-9-21(30)10-4-18)36(24-15-13-23(32)14-16-24)28(34,35-26)19-5-11-22(31)12-6-19/h1-16H,29-34H2. The van der Waals surface area contributed by atoms with Crippen LogP contribution >= 0.6 is 0 Å². The van der Waals surface area contributed by atoms with E-state index in [0.717, 1.165) is 22.4 Å². The molecular weight excluding hydrogens is 448 g/mol. The van der Waals surface area contributed by atoms with Crippen molar-refractivity contribution in [3.05, 3.63) is 119 Å². The zero-order valence-corrected chi connectivity index (χ0v) is 19.6. The van der Waals surface area contributed by atoms with Gasteiger partial charge >= 0.3 is 0 Å². The van der Waals surface area contributed by atoms with Gasteiger partial charge in [-0.1, -0.05) is 36.4 Å². The first-order valence-corrected chi connectivity index (χ1v) is 11.4. The molecule has 4 aromatic rings. The van der Waals surface area contributed by atoms with Crippen molar-refractivity contribution in [2.45, 2.75) is 5.79 Å². The van der Waals surface area contributed by atoms with Gasteiger partial charge < -0.3 is 28.7 Å². The van der Waals surface area contributed by atoms with E-state index in [-0.39, 0.29) is 0 Å². The molecule has 36 heavy (non-hydrogen) atoms. The molecular formula is C28H28N8. The molecule has 0 aromatic heterocycles. The third kappa shape index (κ3) is 3.95. The lowest BCUT2D eigenvalue weighted by atomic mass is 9.94. The smallest absolute Gasteiger partial charge is 0.216 e. The second-order valence-corrected chi connectivity index (χ2v) is 8.74. The van der Waals surface area contributed by atoms with Crippen LogP contribution in [-0.4, -0.2) is 5.71 Å². The number of aliphatic imine (C=N–C) groups is 1. The van der Waals surface area contributed by atoms with Crippen molar-refractivity contribution in [2.75, 3.05) is 27.8 Å². The largest absolute Gasteiger partial charge is 0.399 e. The predicted octanol–water partition coefficient (Wildman–Crippen LogP) is 3.42. The highest BCUT2D eigenvalue weighted by molar-refractivity contribution is 6.18. The maximum Gasteiger partial charge on any atom is 0.216 e. The summed E-state index contributed by atoms with van der Waals surface area (Å²) >= 11 is 0. The quantitative estimate of drug-likeness (QED) is 0.245. The predicted molar refractivity (Wildman–Crippen MR) is 149 cm³/mol. The van der Waals surface area contributed by atoms with Crippen LogP contribution in [0.1, 0.15) is 16.7 Å². The van der Waals surface area contributed by atoms with Crippen molar-refractivity contribution >= 4 is 39.8 Å². The summed E-state index contributed by atoms with van der Waals surface area (Å²) in [6.07, 6.45) is 0. The summed E-state index contributed by atoms with van der Waals surface area (Å²) in [7, 11) is 0. The van der Waals surface area contributed by atoms with Crippen LogP contribution in [0.2, 0.25) is 0 Å². The SMILES string of the molecule is NC1=C(c2ccc(N)cc2)N(c2ccc(N)cc2)C(N)(c2ccc(N)cc2)N=C1c1ccc(N)cc1. The lowest BCUT2D eigenvalue weighted by Gasteiger charge is -2.45. The number of nitrogens with zero attached hydrogens (tertiary/aromatic N) is 2. The monoisotopic (exact) mass is 476 g/mol. The second kappa shape index (κ2) is 8.68. The van der Waals surface area contributed by atoms with Gasteiger partial charge in [0.1, 0.15) is 0 Å². The maximum atomic E-state index is 7.25. The molecule has 0 fully saturated rings. The van der Waals surface area contributed by atoms with Gasteiger partial charge in [0.2, 0.25) is 5.79 Å². The molecule has 0 saturated heterocycles. The zero-order valence-electron chi connectivity index (χ0n) is 19.6. The lowest BCUT2D eigenvalue weighted by molar-refractivity contribution is 0.476. The highest BCUT2D eigenvalue weighted by atomic mass is 15.4. The molecule has 1 aliphatic heterocycles. The molecule has 1 unspecified atom stereocenters. The summed E-state index contributed by atoms with van der Waals surface area (Å²) in [5.74, 6) is -1.37. The van der Waals surface area contributed by atoms with Crippen molar-refractivity contribution in [1.29, 1.82) is 0 Å². The Balaban J connectivity index is 1.84. The van der Waals surface area contributed by atoms with Crippen molar-refractivity contribution in [1.82, 2.24) is 0 Å². The molecule has 5 rings (SSSR count). The van der Waals surface area contributed by atoms with Gasteiger partial charge in [-0.3, -0.25) is 10.6 Å². The van der Waals surface area contributed by atoms with Gasteiger partial charge in [-0.25, -0.2) is 4.99 Å². The van der Waals surface area contributed by atoms with Gasteiger partial charge in [0, 0.05) is 45.1 Å². The molecule has 0 spiro atoms. The van der Waals surface area contributed by atoms with Crippen molar-refractivity contribution < 1.29 is 0 Å². The minimum Gasteiger partial charge on any atom is -0.399 e. The van der Waals surface area contributed by atoms with E-state index in [2.05, 4.69) is 0 Å². The van der Waals surface area contributed by atoms with Crippen LogP contribution in [0.25, 0.3) is 5.70 Å². The first-order valence-electron chi connectivity index (χ1n) is 11.4. The Morgan fingerprint density at radius 2 is 0.944 bits per heavy atom. The fourth-order valence-corrected chi connectivity index (χ4v) is 4.34. The summed E-state index contributed by atoms with van der Waals surface area (Å²) in [4.78, 5) is 6.98. The zero-order chi connectivity index (χ0) is 25.4. The van der Waals surface area contributed by atoms with E-state index in [0.29, 0.717) is 39.9 Å². The average molecular weight is 477 g/mol. The molecule has 1 atom stereocenters. The summed E-state index contributed by atoms with van der Waals surface area (Å²) in [6.45, 7) is 0. The van der Waals surface area contributed by atoms with Gasteiger partial charge in [0.15, 0.2) is 0 Å². The number of allylic oxidation sites excluding steroid dienone is 1. The number of anilines is 5. The van der Waals surface area contributed by atoms with Gasteiger partial charge in [-0.2, -0.15) is 0 Å². The van der Waals surface area contributed by atoms with E-state index in [1.165, 1.54) is 0 Å². The van der Waals surface area contributed by atoms with Crippen LogP contribution in [0.3, 0.4) is 0 Å². The molecule has 0 amide bonds. The molecule has 180 valence electrons. The third-order valence-electron chi connectivity index (χ3n) is 6.21. The van der Waals surface area contributed by atoms with E-state index in [9.17, 15) is 0 Å². The van der Waals surface area contributed by atoms with E-state index in [1.807, 2.05) is 89.8 Å². The lowest BCUT2D eigenvalue weighted by Crippen LogP contribution is -2.55. The Kier molecular flexibility index (Phi) is 5.50. The van der Waals surface area contributed by atoms with Crippen LogP contribution in [0, 0.1) is 0 Å². The third-order valence-corrected chi connectivity index (χ3v) is 6.21. The molecule has 0 radical (unpaired) electrons. The number of benzene rings is 4. The Morgan fingerprint density at radius 3 is 1.44 bits per heavy atom. The van der Waals surface area contributed by atoms with Crippen molar-refractivity contribution in [2.24, 2.45) is 16.5 Å². The Morgan fingerprint density at radius 1 is 0.528 bits per heavy atom. The van der Waals surface area contributed by atoms with Gasteiger partial charge in [-0.05, 0) is 60.7 Å². The fraction of sp³-hybridized carbons (Fsp3) is 0.0357. The Labute approximate surface area is 209 Å². The van der Waals surface area contributed by atoms with Crippen LogP contribution < -0.4 is 39.3 Å². The first kappa shape index (κ1) is 22.8.